The number of amides is 1. The van der Waals surface area contributed by atoms with Crippen molar-refractivity contribution in [1.29, 1.82) is 0 Å². The smallest absolute Gasteiger partial charge is 0.305 e. The summed E-state index contributed by atoms with van der Waals surface area (Å²) in [7, 11) is 0. The standard InChI is InChI=1S/C54H107NO5/c1-3-5-7-9-11-13-15-16-17-18-19-20-21-25-28-32-36-40-44-48-54(59)60-49-45-41-37-33-29-26-23-22-24-27-31-35-39-43-47-53(58)55-51(50-56)52(57)46-42-38-34-30-14-12-10-8-6-4-2/h51-52,56-57H,3-50H2,1-2H3,(H,55,58). The summed E-state index contributed by atoms with van der Waals surface area (Å²) in [5.41, 5.74) is 0. The fraction of sp³-hybridized carbons (Fsp3) is 0.963. The van der Waals surface area contributed by atoms with Gasteiger partial charge in [0.2, 0.25) is 5.91 Å². The maximum absolute atomic E-state index is 12.4. The van der Waals surface area contributed by atoms with Gasteiger partial charge in [-0.15, -0.1) is 0 Å². The highest BCUT2D eigenvalue weighted by atomic mass is 16.5. The number of aliphatic hydroxyl groups excluding tert-OH is 2. The van der Waals surface area contributed by atoms with Crippen LogP contribution in [0, 0.1) is 0 Å². The molecule has 6 nitrogen and oxygen atoms in total. The molecule has 0 fully saturated rings. The van der Waals surface area contributed by atoms with Crippen molar-refractivity contribution in [2.24, 2.45) is 0 Å². The van der Waals surface area contributed by atoms with Gasteiger partial charge < -0.3 is 20.3 Å². The monoisotopic (exact) mass is 850 g/mol. The van der Waals surface area contributed by atoms with Crippen LogP contribution in [-0.2, 0) is 14.3 Å². The first-order valence-corrected chi connectivity index (χ1v) is 27.3. The Hall–Kier alpha value is -1.14. The van der Waals surface area contributed by atoms with Crippen molar-refractivity contribution in [2.75, 3.05) is 13.2 Å². The second kappa shape index (κ2) is 50.5. The summed E-state index contributed by atoms with van der Waals surface area (Å²) in [6.07, 6.45) is 56.6. The van der Waals surface area contributed by atoms with Gasteiger partial charge in [-0.1, -0.05) is 271 Å². The fourth-order valence-electron chi connectivity index (χ4n) is 8.70. The number of hydrogen-bond donors (Lipinski definition) is 3. The number of nitrogens with one attached hydrogen (secondary N) is 1. The molecule has 0 aromatic rings. The minimum atomic E-state index is -0.668. The topological polar surface area (TPSA) is 95.9 Å². The Morgan fingerprint density at radius 2 is 0.683 bits per heavy atom. The molecule has 0 aliphatic heterocycles. The molecular weight excluding hydrogens is 743 g/mol. The number of carbonyl (C=O) groups is 2. The van der Waals surface area contributed by atoms with Crippen molar-refractivity contribution >= 4 is 11.9 Å². The predicted molar refractivity (Wildman–Crippen MR) is 260 cm³/mol. The van der Waals surface area contributed by atoms with Gasteiger partial charge in [-0.05, 0) is 25.7 Å². The van der Waals surface area contributed by atoms with E-state index in [4.69, 9.17) is 4.74 Å². The lowest BCUT2D eigenvalue weighted by Crippen LogP contribution is -2.45. The first-order chi connectivity index (χ1) is 29.5. The minimum absolute atomic E-state index is 0.00300. The zero-order valence-corrected chi connectivity index (χ0v) is 40.7. The van der Waals surface area contributed by atoms with Crippen LogP contribution < -0.4 is 5.32 Å². The summed E-state index contributed by atoms with van der Waals surface area (Å²) in [5, 5.41) is 23.1. The van der Waals surface area contributed by atoms with Crippen molar-refractivity contribution < 1.29 is 24.5 Å². The lowest BCUT2D eigenvalue weighted by molar-refractivity contribution is -0.143. The number of hydrogen-bond acceptors (Lipinski definition) is 5. The van der Waals surface area contributed by atoms with E-state index in [9.17, 15) is 19.8 Å². The normalized spacial score (nSPS) is 12.5. The molecule has 0 aliphatic rings. The lowest BCUT2D eigenvalue weighted by atomic mass is 10.0. The Morgan fingerprint density at radius 3 is 1.02 bits per heavy atom. The molecule has 0 aromatic heterocycles. The highest BCUT2D eigenvalue weighted by molar-refractivity contribution is 5.76. The Kier molecular flexibility index (Phi) is 49.5. The number of esters is 1. The van der Waals surface area contributed by atoms with Gasteiger partial charge in [-0.25, -0.2) is 0 Å². The molecule has 3 N–H and O–H groups in total. The van der Waals surface area contributed by atoms with E-state index >= 15 is 0 Å². The summed E-state index contributed by atoms with van der Waals surface area (Å²) >= 11 is 0. The Labute approximate surface area is 375 Å². The van der Waals surface area contributed by atoms with Crippen LogP contribution >= 0.6 is 0 Å². The molecule has 2 unspecified atom stereocenters. The third kappa shape index (κ3) is 46.4. The van der Waals surface area contributed by atoms with Crippen molar-refractivity contribution in [3.8, 4) is 0 Å². The van der Waals surface area contributed by atoms with Crippen LogP contribution in [-0.4, -0.2) is 47.4 Å². The SMILES string of the molecule is CCCCCCCCCCCCCCCCCCCCCC(=O)OCCCCCCCCCCCCCCCCC(=O)NC(CO)C(O)CCCCCCCCCCCC. The molecule has 0 spiro atoms. The van der Waals surface area contributed by atoms with Crippen molar-refractivity contribution in [1.82, 2.24) is 5.32 Å². The summed E-state index contributed by atoms with van der Waals surface area (Å²) in [4.78, 5) is 24.5. The van der Waals surface area contributed by atoms with Gasteiger partial charge in [-0.3, -0.25) is 9.59 Å². The van der Waals surface area contributed by atoms with Crippen LogP contribution in [0.3, 0.4) is 0 Å². The zero-order chi connectivity index (χ0) is 43.7. The summed E-state index contributed by atoms with van der Waals surface area (Å²) in [5.74, 6) is -0.0425. The maximum Gasteiger partial charge on any atom is 0.305 e. The van der Waals surface area contributed by atoms with E-state index in [-0.39, 0.29) is 18.5 Å². The highest BCUT2D eigenvalue weighted by Crippen LogP contribution is 2.17. The van der Waals surface area contributed by atoms with Gasteiger partial charge in [-0.2, -0.15) is 0 Å². The van der Waals surface area contributed by atoms with E-state index < -0.39 is 12.1 Å². The van der Waals surface area contributed by atoms with Crippen LogP contribution in [0.15, 0.2) is 0 Å². The number of carbonyl (C=O) groups excluding carboxylic acids is 2. The van der Waals surface area contributed by atoms with E-state index in [2.05, 4.69) is 19.2 Å². The molecular formula is C54H107NO5. The molecule has 0 rings (SSSR count). The quantitative estimate of drug-likeness (QED) is 0.0418. The van der Waals surface area contributed by atoms with Crippen LogP contribution in [0.4, 0.5) is 0 Å². The summed E-state index contributed by atoms with van der Waals surface area (Å²) in [6.45, 7) is 4.94. The van der Waals surface area contributed by atoms with E-state index in [0.29, 0.717) is 25.9 Å². The van der Waals surface area contributed by atoms with Crippen LogP contribution in [0.5, 0.6) is 0 Å². The number of unbranched alkanes of at least 4 members (excludes halogenated alkanes) is 40. The molecule has 358 valence electrons. The van der Waals surface area contributed by atoms with E-state index in [0.717, 1.165) is 51.4 Å². The molecule has 0 saturated heterocycles. The highest BCUT2D eigenvalue weighted by Gasteiger charge is 2.20. The maximum atomic E-state index is 12.4. The third-order valence-electron chi connectivity index (χ3n) is 12.9. The minimum Gasteiger partial charge on any atom is -0.466 e. The van der Waals surface area contributed by atoms with Gasteiger partial charge in [0.1, 0.15) is 0 Å². The van der Waals surface area contributed by atoms with Crippen molar-refractivity contribution in [2.45, 2.75) is 321 Å². The fourth-order valence-corrected chi connectivity index (χ4v) is 8.70. The molecule has 6 heteroatoms. The van der Waals surface area contributed by atoms with Crippen LogP contribution in [0.25, 0.3) is 0 Å². The zero-order valence-electron chi connectivity index (χ0n) is 40.7. The molecule has 1 amide bonds. The first kappa shape index (κ1) is 58.9. The van der Waals surface area contributed by atoms with Gasteiger partial charge in [0.05, 0.1) is 25.4 Å². The molecule has 60 heavy (non-hydrogen) atoms. The Bertz CT molecular complexity index is 852. The Morgan fingerprint density at radius 1 is 0.400 bits per heavy atom. The molecule has 0 bridgehead atoms. The van der Waals surface area contributed by atoms with Crippen molar-refractivity contribution in [3.63, 3.8) is 0 Å². The van der Waals surface area contributed by atoms with Crippen LogP contribution in [0.2, 0.25) is 0 Å². The van der Waals surface area contributed by atoms with Gasteiger partial charge in [0, 0.05) is 12.8 Å². The number of rotatable bonds is 51. The van der Waals surface area contributed by atoms with Gasteiger partial charge in [0.15, 0.2) is 0 Å². The predicted octanol–water partition coefficient (Wildman–Crippen LogP) is 16.4. The average Bonchev–Trinajstić information content (AvgIpc) is 3.25. The molecule has 0 radical (unpaired) electrons. The van der Waals surface area contributed by atoms with Gasteiger partial charge in [0.25, 0.3) is 0 Å². The second-order valence-corrected chi connectivity index (χ2v) is 18.9. The average molecular weight is 850 g/mol. The molecule has 0 aliphatic carbocycles. The van der Waals surface area contributed by atoms with E-state index in [1.807, 2.05) is 0 Å². The molecule has 0 saturated carbocycles. The van der Waals surface area contributed by atoms with Crippen LogP contribution in [0.1, 0.15) is 309 Å². The number of ether oxygens (including phenoxy) is 1. The second-order valence-electron chi connectivity index (χ2n) is 18.9. The molecule has 0 heterocycles. The molecule has 0 aromatic carbocycles. The van der Waals surface area contributed by atoms with Gasteiger partial charge >= 0.3 is 5.97 Å². The number of aliphatic hydroxyl groups is 2. The summed E-state index contributed by atoms with van der Waals surface area (Å²) in [6, 6.07) is -0.546. The Balaban J connectivity index is 3.37. The lowest BCUT2D eigenvalue weighted by Gasteiger charge is -2.22. The first-order valence-electron chi connectivity index (χ1n) is 27.3. The largest absolute Gasteiger partial charge is 0.466 e. The van der Waals surface area contributed by atoms with Crippen molar-refractivity contribution in [3.05, 3.63) is 0 Å². The third-order valence-corrected chi connectivity index (χ3v) is 12.9. The van der Waals surface area contributed by atoms with E-state index in [1.54, 1.807) is 0 Å². The van der Waals surface area contributed by atoms with E-state index in [1.165, 1.54) is 225 Å². The summed E-state index contributed by atoms with van der Waals surface area (Å²) < 4.78 is 5.49. The molecule has 2 atom stereocenters.